The molecule has 7 heteroatoms. The summed E-state index contributed by atoms with van der Waals surface area (Å²) in [5, 5.41) is 4.60. The molecule has 0 spiro atoms. The van der Waals surface area contributed by atoms with Gasteiger partial charge in [0.15, 0.2) is 0 Å². The lowest BCUT2D eigenvalue weighted by Gasteiger charge is -2.23. The molecule has 1 fully saturated rings. The number of hydrogen-bond acceptors (Lipinski definition) is 5. The predicted octanol–water partition coefficient (Wildman–Crippen LogP) is 3.52. The third-order valence-corrected chi connectivity index (χ3v) is 5.26. The van der Waals surface area contributed by atoms with Crippen molar-refractivity contribution in [3.05, 3.63) is 40.7 Å². The Morgan fingerprint density at radius 2 is 2.16 bits per heavy atom. The Morgan fingerprint density at radius 3 is 2.88 bits per heavy atom. The van der Waals surface area contributed by atoms with E-state index in [1.165, 1.54) is 11.5 Å². The van der Waals surface area contributed by atoms with Gasteiger partial charge >= 0.3 is 0 Å². The van der Waals surface area contributed by atoms with Gasteiger partial charge in [0, 0.05) is 36.1 Å². The molecular formula is C18H23ClN4OS. The van der Waals surface area contributed by atoms with Crippen LogP contribution in [0.1, 0.15) is 38.1 Å². The summed E-state index contributed by atoms with van der Waals surface area (Å²) >= 11 is 7.30. The first kappa shape index (κ1) is 18.1. The molecule has 0 saturated carbocycles. The number of nitrogens with zero attached hydrogens (tertiary/aromatic N) is 3. The van der Waals surface area contributed by atoms with Crippen LogP contribution >= 0.6 is 23.1 Å². The maximum Gasteiger partial charge on any atom is 0.242 e. The second-order valence-corrected chi connectivity index (χ2v) is 7.95. The van der Waals surface area contributed by atoms with Gasteiger partial charge in [-0.25, -0.2) is 4.98 Å². The van der Waals surface area contributed by atoms with Crippen LogP contribution in [0.15, 0.2) is 24.3 Å². The molecule has 2 heterocycles. The zero-order valence-electron chi connectivity index (χ0n) is 14.5. The first-order valence-corrected chi connectivity index (χ1v) is 9.79. The lowest BCUT2D eigenvalue weighted by molar-refractivity contribution is -0.122. The molecule has 0 radical (unpaired) electrons. The van der Waals surface area contributed by atoms with E-state index in [1.54, 1.807) is 0 Å². The SMILES string of the molecule is CC(C)CNC(=O)[C@H]1CCCN1c1nc(Cc2ccc(Cl)cc2)ns1. The maximum atomic E-state index is 12.5. The molecule has 1 N–H and O–H groups in total. The molecule has 0 aliphatic carbocycles. The van der Waals surface area contributed by atoms with Gasteiger partial charge in [-0.1, -0.05) is 37.6 Å². The normalized spacial score (nSPS) is 17.3. The Kier molecular flexibility index (Phi) is 5.91. The summed E-state index contributed by atoms with van der Waals surface area (Å²) in [5.74, 6) is 1.34. The van der Waals surface area contributed by atoms with Gasteiger partial charge in [-0.15, -0.1) is 0 Å². The molecule has 3 rings (SSSR count). The Hall–Kier alpha value is -1.66. The van der Waals surface area contributed by atoms with Gasteiger partial charge in [-0.05, 0) is 36.5 Å². The monoisotopic (exact) mass is 378 g/mol. The summed E-state index contributed by atoms with van der Waals surface area (Å²) in [6.07, 6.45) is 2.55. The van der Waals surface area contributed by atoms with Gasteiger partial charge in [0.2, 0.25) is 11.0 Å². The number of aromatic nitrogens is 2. The van der Waals surface area contributed by atoms with Crippen LogP contribution < -0.4 is 10.2 Å². The molecule has 134 valence electrons. The van der Waals surface area contributed by atoms with E-state index in [1.807, 2.05) is 24.3 Å². The number of carbonyl (C=O) groups is 1. The van der Waals surface area contributed by atoms with Gasteiger partial charge in [-0.2, -0.15) is 4.37 Å². The van der Waals surface area contributed by atoms with Crippen LogP contribution in [0.3, 0.4) is 0 Å². The second-order valence-electron chi connectivity index (χ2n) is 6.79. The number of hydrogen-bond donors (Lipinski definition) is 1. The molecule has 25 heavy (non-hydrogen) atoms. The van der Waals surface area contributed by atoms with Crippen LogP contribution in [0.5, 0.6) is 0 Å². The smallest absolute Gasteiger partial charge is 0.242 e. The minimum atomic E-state index is -0.130. The summed E-state index contributed by atoms with van der Waals surface area (Å²) < 4.78 is 4.47. The van der Waals surface area contributed by atoms with Gasteiger partial charge < -0.3 is 10.2 Å². The Labute approximate surface area is 157 Å². The fourth-order valence-corrected chi connectivity index (χ4v) is 3.80. The minimum Gasteiger partial charge on any atom is -0.354 e. The standard InChI is InChI=1S/C18H23ClN4OS/c1-12(2)11-20-17(24)15-4-3-9-23(15)18-21-16(22-25-18)10-13-5-7-14(19)8-6-13/h5-8,12,15H,3-4,9-11H2,1-2H3,(H,20,24)/t15-/m1/s1. The Bertz CT molecular complexity index is 716. The second kappa shape index (κ2) is 8.15. The Balaban J connectivity index is 1.66. The van der Waals surface area contributed by atoms with Crippen molar-refractivity contribution < 1.29 is 4.79 Å². The van der Waals surface area contributed by atoms with Crippen LogP contribution in [0.25, 0.3) is 0 Å². The molecule has 1 aliphatic rings. The summed E-state index contributed by atoms with van der Waals surface area (Å²) in [7, 11) is 0. The lowest BCUT2D eigenvalue weighted by atomic mass is 10.1. The fraction of sp³-hybridized carbons (Fsp3) is 0.500. The molecule has 1 aromatic carbocycles. The number of halogens is 1. The van der Waals surface area contributed by atoms with Crippen molar-refractivity contribution in [2.24, 2.45) is 5.92 Å². The highest BCUT2D eigenvalue weighted by atomic mass is 35.5. The summed E-state index contributed by atoms with van der Waals surface area (Å²) in [6, 6.07) is 7.59. The van der Waals surface area contributed by atoms with Gasteiger partial charge in [-0.3, -0.25) is 4.79 Å². The zero-order valence-corrected chi connectivity index (χ0v) is 16.1. The van der Waals surface area contributed by atoms with Crippen LogP contribution in [-0.2, 0) is 11.2 Å². The molecule has 1 atom stereocenters. The highest BCUT2D eigenvalue weighted by molar-refractivity contribution is 7.09. The van der Waals surface area contributed by atoms with Gasteiger partial charge in [0.1, 0.15) is 11.9 Å². The number of amides is 1. The molecule has 0 bridgehead atoms. The fourth-order valence-electron chi connectivity index (χ4n) is 2.91. The molecule has 2 aromatic rings. The number of benzene rings is 1. The molecule has 1 aromatic heterocycles. The first-order valence-electron chi connectivity index (χ1n) is 8.64. The van der Waals surface area contributed by atoms with Crippen molar-refractivity contribution in [1.82, 2.24) is 14.7 Å². The Morgan fingerprint density at radius 1 is 1.40 bits per heavy atom. The lowest BCUT2D eigenvalue weighted by Crippen LogP contribution is -2.44. The predicted molar refractivity (Wildman–Crippen MR) is 102 cm³/mol. The van der Waals surface area contributed by atoms with Gasteiger partial charge in [0.25, 0.3) is 0 Å². The zero-order chi connectivity index (χ0) is 17.8. The van der Waals surface area contributed by atoms with Crippen molar-refractivity contribution >= 4 is 34.2 Å². The topological polar surface area (TPSA) is 58.1 Å². The van der Waals surface area contributed by atoms with Crippen molar-refractivity contribution in [2.45, 2.75) is 39.2 Å². The highest BCUT2D eigenvalue weighted by Crippen LogP contribution is 2.28. The van der Waals surface area contributed by atoms with E-state index in [-0.39, 0.29) is 11.9 Å². The number of rotatable bonds is 6. The molecule has 1 saturated heterocycles. The van der Waals surface area contributed by atoms with Gasteiger partial charge in [0.05, 0.1) is 0 Å². The van der Waals surface area contributed by atoms with E-state index in [0.29, 0.717) is 18.9 Å². The molecular weight excluding hydrogens is 356 g/mol. The summed E-state index contributed by atoms with van der Waals surface area (Å²) in [6.45, 7) is 5.76. The van der Waals surface area contributed by atoms with Crippen molar-refractivity contribution in [3.63, 3.8) is 0 Å². The minimum absolute atomic E-state index is 0.0978. The molecule has 1 aliphatic heterocycles. The van der Waals surface area contributed by atoms with Crippen LogP contribution in [0.2, 0.25) is 5.02 Å². The number of nitrogens with one attached hydrogen (secondary N) is 1. The van der Waals surface area contributed by atoms with Crippen molar-refractivity contribution in [3.8, 4) is 0 Å². The molecule has 1 amide bonds. The largest absolute Gasteiger partial charge is 0.354 e. The van der Waals surface area contributed by atoms with Crippen LogP contribution in [0.4, 0.5) is 5.13 Å². The highest BCUT2D eigenvalue weighted by Gasteiger charge is 2.32. The van der Waals surface area contributed by atoms with E-state index in [4.69, 9.17) is 11.6 Å². The van der Waals surface area contributed by atoms with Crippen LogP contribution in [-0.4, -0.2) is 34.4 Å². The van der Waals surface area contributed by atoms with E-state index in [9.17, 15) is 4.79 Å². The average Bonchev–Trinajstić information content (AvgIpc) is 3.23. The third-order valence-electron chi connectivity index (χ3n) is 4.22. The van der Waals surface area contributed by atoms with E-state index in [0.717, 1.165) is 40.9 Å². The summed E-state index contributed by atoms with van der Waals surface area (Å²) in [4.78, 5) is 19.2. The molecule has 5 nitrogen and oxygen atoms in total. The maximum absolute atomic E-state index is 12.5. The van der Waals surface area contributed by atoms with E-state index >= 15 is 0 Å². The van der Waals surface area contributed by atoms with E-state index < -0.39 is 0 Å². The number of anilines is 1. The quantitative estimate of drug-likeness (QED) is 0.835. The number of carbonyl (C=O) groups excluding carboxylic acids is 1. The summed E-state index contributed by atoms with van der Waals surface area (Å²) in [5.41, 5.74) is 1.13. The third kappa shape index (κ3) is 4.70. The van der Waals surface area contributed by atoms with Crippen molar-refractivity contribution in [2.75, 3.05) is 18.0 Å². The average molecular weight is 379 g/mol. The molecule has 0 unspecified atom stereocenters. The van der Waals surface area contributed by atoms with E-state index in [2.05, 4.69) is 33.4 Å². The van der Waals surface area contributed by atoms with Crippen LogP contribution in [0, 0.1) is 5.92 Å². The first-order chi connectivity index (χ1) is 12.0. The van der Waals surface area contributed by atoms with Crippen molar-refractivity contribution in [1.29, 1.82) is 0 Å².